The van der Waals surface area contributed by atoms with Crippen LogP contribution < -0.4 is 0 Å². The third-order valence-electron chi connectivity index (χ3n) is 4.30. The van der Waals surface area contributed by atoms with Gasteiger partial charge in [0.15, 0.2) is 5.82 Å². The predicted octanol–water partition coefficient (Wildman–Crippen LogP) is 2.19. The lowest BCUT2D eigenvalue weighted by Gasteiger charge is -2.24. The number of hydrogen-bond acceptors (Lipinski definition) is 5. The van der Waals surface area contributed by atoms with Gasteiger partial charge in [0.1, 0.15) is 6.33 Å². The second kappa shape index (κ2) is 6.80. The van der Waals surface area contributed by atoms with E-state index in [-0.39, 0.29) is 11.9 Å². The SMILES string of the molecule is Cc1ccsc1C(=O)N1CCCC1c1nncn1CCN(C)C. The van der Waals surface area contributed by atoms with Gasteiger partial charge in [-0.2, -0.15) is 0 Å². The molecule has 1 unspecified atom stereocenters. The second-order valence-corrected chi connectivity index (χ2v) is 7.19. The maximum Gasteiger partial charge on any atom is 0.264 e. The Balaban J connectivity index is 1.81. The lowest BCUT2D eigenvalue weighted by atomic mass is 10.2. The van der Waals surface area contributed by atoms with E-state index in [1.54, 1.807) is 6.33 Å². The minimum absolute atomic E-state index is 0.0358. The molecule has 3 rings (SSSR count). The van der Waals surface area contributed by atoms with Gasteiger partial charge in [0.25, 0.3) is 5.91 Å². The number of likely N-dealkylation sites (N-methyl/N-ethyl adjacent to an activating group) is 1. The number of hydrogen-bond donors (Lipinski definition) is 0. The molecule has 1 aliphatic rings. The molecule has 0 saturated carbocycles. The van der Waals surface area contributed by atoms with Crippen LogP contribution in [-0.2, 0) is 6.54 Å². The molecule has 2 aromatic heterocycles. The topological polar surface area (TPSA) is 54.3 Å². The zero-order valence-corrected chi connectivity index (χ0v) is 14.7. The Labute approximate surface area is 140 Å². The molecule has 2 aromatic rings. The number of aromatic nitrogens is 3. The van der Waals surface area contributed by atoms with Crippen LogP contribution in [0.25, 0.3) is 0 Å². The average molecular weight is 333 g/mol. The lowest BCUT2D eigenvalue weighted by molar-refractivity contribution is 0.0731. The quantitative estimate of drug-likeness (QED) is 0.842. The van der Waals surface area contributed by atoms with E-state index in [0.29, 0.717) is 0 Å². The van der Waals surface area contributed by atoms with Crippen LogP contribution in [0, 0.1) is 6.92 Å². The van der Waals surface area contributed by atoms with Crippen LogP contribution >= 0.6 is 11.3 Å². The molecule has 0 spiro atoms. The van der Waals surface area contributed by atoms with Gasteiger partial charge in [0.2, 0.25) is 0 Å². The van der Waals surface area contributed by atoms with Crippen molar-refractivity contribution in [3.05, 3.63) is 34.0 Å². The van der Waals surface area contributed by atoms with Crippen molar-refractivity contribution in [2.45, 2.75) is 32.4 Å². The summed E-state index contributed by atoms with van der Waals surface area (Å²) in [5.74, 6) is 1.04. The van der Waals surface area contributed by atoms with Crippen LogP contribution in [0.4, 0.5) is 0 Å². The van der Waals surface area contributed by atoms with Crippen molar-refractivity contribution in [2.24, 2.45) is 0 Å². The molecule has 124 valence electrons. The summed E-state index contributed by atoms with van der Waals surface area (Å²) in [6.07, 6.45) is 3.74. The summed E-state index contributed by atoms with van der Waals surface area (Å²) in [5.41, 5.74) is 1.06. The smallest absolute Gasteiger partial charge is 0.264 e. The van der Waals surface area contributed by atoms with E-state index in [1.807, 2.05) is 23.3 Å². The Morgan fingerprint density at radius 2 is 2.30 bits per heavy atom. The highest BCUT2D eigenvalue weighted by Crippen LogP contribution is 2.33. The Kier molecular flexibility index (Phi) is 4.77. The molecule has 0 aliphatic carbocycles. The van der Waals surface area contributed by atoms with Crippen LogP contribution in [-0.4, -0.2) is 57.7 Å². The van der Waals surface area contributed by atoms with Gasteiger partial charge in [-0.15, -0.1) is 21.5 Å². The van der Waals surface area contributed by atoms with Gasteiger partial charge in [0.05, 0.1) is 10.9 Å². The van der Waals surface area contributed by atoms with Crippen molar-refractivity contribution >= 4 is 17.2 Å². The normalized spacial score (nSPS) is 18.1. The summed E-state index contributed by atoms with van der Waals surface area (Å²) in [5, 5.41) is 10.4. The van der Waals surface area contributed by atoms with Crippen molar-refractivity contribution in [3.8, 4) is 0 Å². The molecule has 1 fully saturated rings. The zero-order chi connectivity index (χ0) is 16.4. The first-order valence-corrected chi connectivity index (χ1v) is 8.83. The number of aryl methyl sites for hydroxylation is 1. The minimum Gasteiger partial charge on any atom is -0.328 e. The van der Waals surface area contributed by atoms with Crippen molar-refractivity contribution in [2.75, 3.05) is 27.2 Å². The minimum atomic E-state index is 0.0358. The predicted molar refractivity (Wildman–Crippen MR) is 90.6 cm³/mol. The molecule has 3 heterocycles. The van der Waals surface area contributed by atoms with E-state index in [9.17, 15) is 4.79 Å². The Bertz CT molecular complexity index is 678. The number of carbonyl (C=O) groups is 1. The van der Waals surface area contributed by atoms with Crippen molar-refractivity contribution < 1.29 is 4.79 Å². The van der Waals surface area contributed by atoms with Crippen molar-refractivity contribution in [3.63, 3.8) is 0 Å². The first-order valence-electron chi connectivity index (χ1n) is 7.95. The van der Waals surface area contributed by atoms with Gasteiger partial charge < -0.3 is 14.4 Å². The summed E-state index contributed by atoms with van der Waals surface area (Å²) in [4.78, 5) is 17.8. The van der Waals surface area contributed by atoms with Crippen LogP contribution in [0.5, 0.6) is 0 Å². The molecule has 0 aromatic carbocycles. The van der Waals surface area contributed by atoms with Crippen LogP contribution in [0.1, 0.15) is 39.9 Å². The second-order valence-electron chi connectivity index (χ2n) is 6.28. The van der Waals surface area contributed by atoms with Gasteiger partial charge in [0, 0.05) is 19.6 Å². The molecule has 0 N–H and O–H groups in total. The van der Waals surface area contributed by atoms with E-state index < -0.39 is 0 Å². The number of amides is 1. The van der Waals surface area contributed by atoms with Crippen LogP contribution in [0.2, 0.25) is 0 Å². The van der Waals surface area contributed by atoms with Gasteiger partial charge in [-0.25, -0.2) is 0 Å². The largest absolute Gasteiger partial charge is 0.328 e. The highest BCUT2D eigenvalue weighted by Gasteiger charge is 2.34. The van der Waals surface area contributed by atoms with E-state index in [0.717, 1.165) is 48.7 Å². The fourth-order valence-corrected chi connectivity index (χ4v) is 3.88. The third-order valence-corrected chi connectivity index (χ3v) is 5.31. The lowest BCUT2D eigenvalue weighted by Crippen LogP contribution is -2.32. The molecule has 0 bridgehead atoms. The Morgan fingerprint density at radius 3 is 3.00 bits per heavy atom. The highest BCUT2D eigenvalue weighted by atomic mass is 32.1. The zero-order valence-electron chi connectivity index (χ0n) is 13.9. The third kappa shape index (κ3) is 3.30. The number of thiophene rings is 1. The summed E-state index contributed by atoms with van der Waals surface area (Å²) >= 11 is 1.52. The molecule has 6 nitrogen and oxygen atoms in total. The first-order chi connectivity index (χ1) is 11.1. The van der Waals surface area contributed by atoms with E-state index >= 15 is 0 Å². The van der Waals surface area contributed by atoms with Gasteiger partial charge in [-0.1, -0.05) is 0 Å². The summed E-state index contributed by atoms with van der Waals surface area (Å²) < 4.78 is 2.08. The number of rotatable bonds is 5. The standard InChI is InChI=1S/C16H23N5OS/c1-12-6-10-23-14(12)16(22)21-7-4-5-13(21)15-18-17-11-20(15)9-8-19(2)3/h6,10-11,13H,4-5,7-9H2,1-3H3. The first kappa shape index (κ1) is 16.1. The molecule has 23 heavy (non-hydrogen) atoms. The molecule has 0 radical (unpaired) electrons. The summed E-state index contributed by atoms with van der Waals surface area (Å²) in [6.45, 7) is 4.55. The fourth-order valence-electron chi connectivity index (χ4n) is 3.00. The van der Waals surface area contributed by atoms with E-state index in [4.69, 9.17) is 0 Å². The van der Waals surface area contributed by atoms with Gasteiger partial charge in [-0.05, 0) is 50.9 Å². The maximum absolute atomic E-state index is 12.9. The number of carbonyl (C=O) groups excluding carboxylic acids is 1. The number of nitrogens with zero attached hydrogens (tertiary/aromatic N) is 5. The van der Waals surface area contributed by atoms with E-state index in [1.165, 1.54) is 11.3 Å². The van der Waals surface area contributed by atoms with Gasteiger partial charge in [-0.3, -0.25) is 4.79 Å². The summed E-state index contributed by atoms with van der Waals surface area (Å²) in [6, 6.07) is 2.04. The average Bonchev–Trinajstić information content (AvgIpc) is 3.24. The Hall–Kier alpha value is -1.73. The Morgan fingerprint density at radius 1 is 1.48 bits per heavy atom. The summed E-state index contributed by atoms with van der Waals surface area (Å²) in [7, 11) is 4.10. The van der Waals surface area contributed by atoms with E-state index in [2.05, 4.69) is 33.8 Å². The molecule has 1 aliphatic heterocycles. The van der Waals surface area contributed by atoms with Crippen LogP contribution in [0.3, 0.4) is 0 Å². The molecular weight excluding hydrogens is 310 g/mol. The van der Waals surface area contributed by atoms with Crippen molar-refractivity contribution in [1.82, 2.24) is 24.6 Å². The fraction of sp³-hybridized carbons (Fsp3) is 0.562. The maximum atomic E-state index is 12.9. The molecule has 1 saturated heterocycles. The van der Waals surface area contributed by atoms with Crippen LogP contribution in [0.15, 0.2) is 17.8 Å². The molecule has 7 heteroatoms. The molecular formula is C16H23N5OS. The highest BCUT2D eigenvalue weighted by molar-refractivity contribution is 7.12. The van der Waals surface area contributed by atoms with Crippen molar-refractivity contribution in [1.29, 1.82) is 0 Å². The molecule has 1 atom stereocenters. The monoisotopic (exact) mass is 333 g/mol. The van der Waals surface area contributed by atoms with Gasteiger partial charge >= 0.3 is 0 Å². The number of likely N-dealkylation sites (tertiary alicyclic amines) is 1. The molecule has 1 amide bonds.